The summed E-state index contributed by atoms with van der Waals surface area (Å²) in [5.74, 6) is -0.933. The maximum Gasteiger partial charge on any atom is 0.358 e. The van der Waals surface area contributed by atoms with Crippen LogP contribution in [0.15, 0.2) is 18.7 Å². The molecule has 8 heteroatoms. The quantitative estimate of drug-likeness (QED) is 0.795. The lowest BCUT2D eigenvalue weighted by Crippen LogP contribution is -2.04. The molecular formula is C8H6ClN5O2. The lowest BCUT2D eigenvalue weighted by atomic mass is 10.4. The average Bonchev–Trinajstić information content (AvgIpc) is 2.61. The van der Waals surface area contributed by atoms with Crippen molar-refractivity contribution in [2.24, 2.45) is 0 Å². The Bertz CT molecular complexity index is 553. The molecule has 0 unspecified atom stereocenters. The van der Waals surface area contributed by atoms with Crippen LogP contribution >= 0.6 is 11.6 Å². The summed E-state index contributed by atoms with van der Waals surface area (Å²) in [4.78, 5) is 18.3. The highest BCUT2D eigenvalue weighted by Gasteiger charge is 2.15. The van der Waals surface area contributed by atoms with E-state index in [1.807, 2.05) is 0 Å². The van der Waals surface area contributed by atoms with E-state index in [4.69, 9.17) is 22.4 Å². The van der Waals surface area contributed by atoms with Gasteiger partial charge >= 0.3 is 5.97 Å². The van der Waals surface area contributed by atoms with Gasteiger partial charge in [-0.05, 0) is 0 Å². The summed E-state index contributed by atoms with van der Waals surface area (Å²) in [7, 11) is 0. The van der Waals surface area contributed by atoms with Crippen molar-refractivity contribution in [1.29, 1.82) is 0 Å². The first-order valence-corrected chi connectivity index (χ1v) is 4.51. The second kappa shape index (κ2) is 3.78. The first-order chi connectivity index (χ1) is 7.59. The number of carboxylic acids is 1. The minimum Gasteiger partial charge on any atom is -0.476 e. The van der Waals surface area contributed by atoms with Crippen molar-refractivity contribution in [2.75, 3.05) is 5.73 Å². The lowest BCUT2D eigenvalue weighted by molar-refractivity contribution is 0.0691. The summed E-state index contributed by atoms with van der Waals surface area (Å²) in [6.45, 7) is 0. The van der Waals surface area contributed by atoms with Gasteiger partial charge in [-0.15, -0.1) is 0 Å². The third-order valence-corrected chi connectivity index (χ3v) is 2.08. The number of hydrogen-bond acceptors (Lipinski definition) is 5. The fourth-order valence-corrected chi connectivity index (χ4v) is 1.33. The van der Waals surface area contributed by atoms with Crippen molar-refractivity contribution in [1.82, 2.24) is 19.7 Å². The first kappa shape index (κ1) is 10.4. The number of hydrogen-bond donors (Lipinski definition) is 2. The highest BCUT2D eigenvalue weighted by Crippen LogP contribution is 2.18. The van der Waals surface area contributed by atoms with Crippen LogP contribution in [0.3, 0.4) is 0 Å². The molecular weight excluding hydrogens is 234 g/mol. The molecule has 0 atom stereocenters. The van der Waals surface area contributed by atoms with Gasteiger partial charge in [-0.25, -0.2) is 19.4 Å². The van der Waals surface area contributed by atoms with Gasteiger partial charge in [0.1, 0.15) is 11.3 Å². The predicted octanol–water partition coefficient (Wildman–Crippen LogP) is 0.596. The molecule has 0 aliphatic heterocycles. The Labute approximate surface area is 94.5 Å². The molecule has 3 N–H and O–H groups in total. The average molecular weight is 240 g/mol. The Kier molecular flexibility index (Phi) is 2.45. The number of rotatable bonds is 2. The van der Waals surface area contributed by atoms with Gasteiger partial charge in [0, 0.05) is 0 Å². The third kappa shape index (κ3) is 1.68. The van der Waals surface area contributed by atoms with Gasteiger partial charge in [0.05, 0.1) is 18.1 Å². The van der Waals surface area contributed by atoms with E-state index in [2.05, 4.69) is 15.1 Å². The van der Waals surface area contributed by atoms with Crippen LogP contribution in [0.4, 0.5) is 5.69 Å². The summed E-state index contributed by atoms with van der Waals surface area (Å²) in [6.07, 6.45) is 3.99. The van der Waals surface area contributed by atoms with Crippen molar-refractivity contribution in [3.63, 3.8) is 0 Å². The van der Waals surface area contributed by atoms with Crippen LogP contribution in [0, 0.1) is 0 Å². The molecule has 82 valence electrons. The minimum atomic E-state index is -1.21. The maximum atomic E-state index is 10.7. The van der Waals surface area contributed by atoms with E-state index in [1.54, 1.807) is 0 Å². The molecule has 2 aromatic rings. The van der Waals surface area contributed by atoms with Gasteiger partial charge in [-0.2, -0.15) is 5.10 Å². The Morgan fingerprint density at radius 3 is 2.88 bits per heavy atom. The van der Waals surface area contributed by atoms with E-state index in [1.165, 1.54) is 23.4 Å². The number of anilines is 1. The van der Waals surface area contributed by atoms with Crippen LogP contribution in [0.25, 0.3) is 5.82 Å². The molecule has 0 amide bonds. The van der Waals surface area contributed by atoms with Crippen LogP contribution < -0.4 is 5.73 Å². The molecule has 2 aromatic heterocycles. The molecule has 0 fully saturated rings. The van der Waals surface area contributed by atoms with E-state index in [9.17, 15) is 4.79 Å². The number of nitrogens with two attached hydrogens (primary N) is 1. The third-order valence-electron chi connectivity index (χ3n) is 1.81. The molecule has 0 aliphatic rings. The predicted molar refractivity (Wildman–Crippen MR) is 55.5 cm³/mol. The summed E-state index contributed by atoms with van der Waals surface area (Å²) in [5, 5.41) is 12.8. The molecule has 0 saturated carbocycles. The zero-order valence-electron chi connectivity index (χ0n) is 7.83. The van der Waals surface area contributed by atoms with Crippen LogP contribution in [0.5, 0.6) is 0 Å². The monoisotopic (exact) mass is 239 g/mol. The van der Waals surface area contributed by atoms with Crippen molar-refractivity contribution < 1.29 is 9.90 Å². The van der Waals surface area contributed by atoms with E-state index < -0.39 is 5.97 Å². The van der Waals surface area contributed by atoms with Crippen LogP contribution in [-0.4, -0.2) is 30.8 Å². The lowest BCUT2D eigenvalue weighted by Gasteiger charge is -2.00. The number of aromatic carboxylic acids is 1. The topological polar surface area (TPSA) is 107 Å². The molecule has 0 saturated heterocycles. The number of halogens is 1. The molecule has 0 bridgehead atoms. The number of nitrogen functional groups attached to an aromatic ring is 1. The molecule has 7 nitrogen and oxygen atoms in total. The first-order valence-electron chi connectivity index (χ1n) is 4.14. The van der Waals surface area contributed by atoms with E-state index >= 15 is 0 Å². The summed E-state index contributed by atoms with van der Waals surface area (Å²) < 4.78 is 1.20. The van der Waals surface area contributed by atoms with E-state index in [0.29, 0.717) is 0 Å². The molecule has 16 heavy (non-hydrogen) atoms. The maximum absolute atomic E-state index is 10.7. The largest absolute Gasteiger partial charge is 0.476 e. The van der Waals surface area contributed by atoms with Crippen LogP contribution in [-0.2, 0) is 0 Å². The highest BCUT2D eigenvalue weighted by atomic mass is 35.5. The zero-order valence-corrected chi connectivity index (χ0v) is 8.59. The van der Waals surface area contributed by atoms with Gasteiger partial charge < -0.3 is 10.8 Å². The smallest absolute Gasteiger partial charge is 0.358 e. The Balaban J connectivity index is 2.54. The second-order valence-electron chi connectivity index (χ2n) is 2.88. The van der Waals surface area contributed by atoms with Crippen molar-refractivity contribution in [3.05, 3.63) is 29.4 Å². The number of aromatic nitrogens is 4. The van der Waals surface area contributed by atoms with Gasteiger partial charge in [-0.1, -0.05) is 11.6 Å². The highest BCUT2D eigenvalue weighted by molar-refractivity contribution is 6.32. The van der Waals surface area contributed by atoms with E-state index in [0.717, 1.165) is 0 Å². The Morgan fingerprint density at radius 1 is 1.56 bits per heavy atom. The SMILES string of the molecule is Nc1cn(-c2ncncc2Cl)nc1C(=O)O. The fourth-order valence-electron chi connectivity index (χ4n) is 1.14. The Hall–Kier alpha value is -2.15. The normalized spacial score (nSPS) is 10.3. The molecule has 0 radical (unpaired) electrons. The standard InChI is InChI=1S/C8H6ClN5O2/c9-4-1-11-3-12-7(4)14-2-5(10)6(13-14)8(15)16/h1-3H,10H2,(H,15,16). The van der Waals surface area contributed by atoms with Crippen molar-refractivity contribution in [3.8, 4) is 5.82 Å². The molecule has 0 aromatic carbocycles. The van der Waals surface area contributed by atoms with Gasteiger partial charge in [-0.3, -0.25) is 0 Å². The van der Waals surface area contributed by atoms with Crippen molar-refractivity contribution >= 4 is 23.3 Å². The second-order valence-corrected chi connectivity index (χ2v) is 3.28. The number of carbonyl (C=O) groups is 1. The number of nitrogens with zero attached hydrogens (tertiary/aromatic N) is 4. The number of carboxylic acid groups (broad SMARTS) is 1. The van der Waals surface area contributed by atoms with E-state index in [-0.39, 0.29) is 22.2 Å². The molecule has 2 heterocycles. The zero-order chi connectivity index (χ0) is 11.7. The van der Waals surface area contributed by atoms with Gasteiger partial charge in [0.2, 0.25) is 0 Å². The summed E-state index contributed by atoms with van der Waals surface area (Å²) in [6, 6.07) is 0. The molecule has 0 spiro atoms. The summed E-state index contributed by atoms with van der Waals surface area (Å²) in [5.41, 5.74) is 5.28. The van der Waals surface area contributed by atoms with Crippen LogP contribution in [0.2, 0.25) is 5.02 Å². The van der Waals surface area contributed by atoms with Gasteiger partial charge in [0.25, 0.3) is 0 Å². The van der Waals surface area contributed by atoms with Gasteiger partial charge in [0.15, 0.2) is 11.5 Å². The summed E-state index contributed by atoms with van der Waals surface area (Å²) >= 11 is 5.83. The molecule has 2 rings (SSSR count). The van der Waals surface area contributed by atoms with Crippen LogP contribution in [0.1, 0.15) is 10.5 Å². The fraction of sp³-hybridized carbons (Fsp3) is 0. The molecule has 0 aliphatic carbocycles. The Morgan fingerprint density at radius 2 is 2.31 bits per heavy atom. The minimum absolute atomic E-state index is 0.0437. The van der Waals surface area contributed by atoms with Crippen molar-refractivity contribution in [2.45, 2.75) is 0 Å².